The number of likely N-dealkylation sites (tertiary alicyclic amines) is 1. The first-order valence-electron chi connectivity index (χ1n) is 9.29. The Balaban J connectivity index is 1.75. The van der Waals surface area contributed by atoms with Gasteiger partial charge in [0.25, 0.3) is 0 Å². The van der Waals surface area contributed by atoms with Crippen LogP contribution in [0.5, 0.6) is 0 Å². The second kappa shape index (κ2) is 8.65. The third-order valence-electron chi connectivity index (χ3n) is 4.97. The van der Waals surface area contributed by atoms with Gasteiger partial charge in [-0.2, -0.15) is 0 Å². The molecule has 0 unspecified atom stereocenters. The van der Waals surface area contributed by atoms with Crippen molar-refractivity contribution in [3.63, 3.8) is 0 Å². The highest BCUT2D eigenvalue weighted by Gasteiger charge is 2.29. The van der Waals surface area contributed by atoms with Gasteiger partial charge in [-0.15, -0.1) is 0 Å². The number of carbonyl (C=O) groups is 2. The molecule has 136 valence electrons. The van der Waals surface area contributed by atoms with E-state index in [1.54, 1.807) is 9.80 Å². The predicted molar refractivity (Wildman–Crippen MR) is 102 cm³/mol. The maximum Gasteiger partial charge on any atom is 0.312 e. The highest BCUT2D eigenvalue weighted by Crippen LogP contribution is 2.17. The summed E-state index contributed by atoms with van der Waals surface area (Å²) in [6.45, 7) is 4.42. The third-order valence-corrected chi connectivity index (χ3v) is 4.97. The number of piperidine rings is 1. The van der Waals surface area contributed by atoms with Crippen molar-refractivity contribution in [1.82, 2.24) is 9.80 Å². The van der Waals surface area contributed by atoms with Crippen molar-refractivity contribution >= 4 is 11.8 Å². The van der Waals surface area contributed by atoms with Gasteiger partial charge < -0.3 is 9.80 Å². The normalized spacial score (nSPS) is 14.9. The van der Waals surface area contributed by atoms with E-state index < -0.39 is 5.91 Å². The molecule has 0 aliphatic carbocycles. The van der Waals surface area contributed by atoms with Crippen LogP contribution in [0.15, 0.2) is 60.7 Å². The van der Waals surface area contributed by atoms with Crippen LogP contribution in [0.4, 0.5) is 0 Å². The predicted octanol–water partition coefficient (Wildman–Crippen LogP) is 3.47. The van der Waals surface area contributed by atoms with Crippen molar-refractivity contribution in [2.75, 3.05) is 13.1 Å². The van der Waals surface area contributed by atoms with Crippen molar-refractivity contribution in [1.29, 1.82) is 0 Å². The van der Waals surface area contributed by atoms with Gasteiger partial charge in [0, 0.05) is 26.2 Å². The van der Waals surface area contributed by atoms with E-state index in [9.17, 15) is 9.59 Å². The van der Waals surface area contributed by atoms with Gasteiger partial charge in [0.1, 0.15) is 0 Å². The number of benzene rings is 2. The summed E-state index contributed by atoms with van der Waals surface area (Å²) in [5.74, 6) is -0.157. The van der Waals surface area contributed by atoms with Crippen molar-refractivity contribution in [3.8, 4) is 0 Å². The number of rotatable bonds is 4. The van der Waals surface area contributed by atoms with Crippen LogP contribution < -0.4 is 0 Å². The number of hydrogen-bond acceptors (Lipinski definition) is 2. The Labute approximate surface area is 155 Å². The maximum atomic E-state index is 13.0. The minimum atomic E-state index is -0.410. The molecule has 1 fully saturated rings. The van der Waals surface area contributed by atoms with Crippen LogP contribution in [-0.4, -0.2) is 34.7 Å². The molecule has 0 aromatic heterocycles. The van der Waals surface area contributed by atoms with E-state index in [-0.39, 0.29) is 5.91 Å². The van der Waals surface area contributed by atoms with Gasteiger partial charge in [-0.25, -0.2) is 0 Å². The van der Waals surface area contributed by atoms with Crippen molar-refractivity contribution in [2.24, 2.45) is 5.92 Å². The number of hydrogen-bond donors (Lipinski definition) is 0. The summed E-state index contributed by atoms with van der Waals surface area (Å²) in [6, 6.07) is 19.7. The molecule has 0 spiro atoms. The Morgan fingerprint density at radius 2 is 1.35 bits per heavy atom. The quantitative estimate of drug-likeness (QED) is 0.792. The van der Waals surface area contributed by atoms with Crippen LogP contribution in [0.2, 0.25) is 0 Å². The zero-order valence-electron chi connectivity index (χ0n) is 15.3. The molecule has 0 saturated carbocycles. The summed E-state index contributed by atoms with van der Waals surface area (Å²) in [7, 11) is 0. The summed E-state index contributed by atoms with van der Waals surface area (Å²) in [5, 5.41) is 0. The molecule has 1 saturated heterocycles. The molecule has 1 aliphatic heterocycles. The first-order valence-corrected chi connectivity index (χ1v) is 9.29. The first-order chi connectivity index (χ1) is 12.6. The lowest BCUT2D eigenvalue weighted by Crippen LogP contribution is -2.47. The van der Waals surface area contributed by atoms with Gasteiger partial charge in [0.15, 0.2) is 0 Å². The van der Waals surface area contributed by atoms with Crippen LogP contribution in [0.3, 0.4) is 0 Å². The standard InChI is InChI=1S/C22H26N2O2/c1-18-12-14-23(15-13-18)21(25)22(26)24(16-19-8-4-2-5-9-19)17-20-10-6-3-7-11-20/h2-11,18H,12-17H2,1H3. The lowest BCUT2D eigenvalue weighted by atomic mass is 9.99. The highest BCUT2D eigenvalue weighted by atomic mass is 16.2. The Kier molecular flexibility index (Phi) is 6.05. The number of carbonyl (C=O) groups excluding carboxylic acids is 2. The Bertz CT molecular complexity index is 681. The first kappa shape index (κ1) is 18.2. The van der Waals surface area contributed by atoms with Gasteiger partial charge in [0.05, 0.1) is 0 Å². The average molecular weight is 350 g/mol. The molecule has 0 atom stereocenters. The molecule has 1 aliphatic rings. The van der Waals surface area contributed by atoms with Crippen LogP contribution >= 0.6 is 0 Å². The topological polar surface area (TPSA) is 40.6 Å². The molecule has 0 N–H and O–H groups in total. The van der Waals surface area contributed by atoms with E-state index in [0.717, 1.165) is 24.0 Å². The Hall–Kier alpha value is -2.62. The van der Waals surface area contributed by atoms with E-state index >= 15 is 0 Å². The molecule has 2 aromatic rings. The lowest BCUT2D eigenvalue weighted by molar-refractivity contribution is -0.153. The second-order valence-electron chi connectivity index (χ2n) is 7.11. The van der Waals surface area contributed by atoms with E-state index in [1.165, 1.54) is 0 Å². The smallest absolute Gasteiger partial charge is 0.312 e. The highest BCUT2D eigenvalue weighted by molar-refractivity contribution is 6.34. The monoisotopic (exact) mass is 350 g/mol. The van der Waals surface area contributed by atoms with E-state index in [4.69, 9.17) is 0 Å². The van der Waals surface area contributed by atoms with Crippen LogP contribution in [-0.2, 0) is 22.7 Å². The summed E-state index contributed by atoms with van der Waals surface area (Å²) in [4.78, 5) is 29.1. The van der Waals surface area contributed by atoms with Crippen LogP contribution in [0.25, 0.3) is 0 Å². The summed E-state index contributed by atoms with van der Waals surface area (Å²) >= 11 is 0. The molecule has 0 bridgehead atoms. The Morgan fingerprint density at radius 3 is 1.81 bits per heavy atom. The summed E-state index contributed by atoms with van der Waals surface area (Å²) in [5.41, 5.74) is 2.05. The second-order valence-corrected chi connectivity index (χ2v) is 7.11. The summed E-state index contributed by atoms with van der Waals surface area (Å²) < 4.78 is 0. The van der Waals surface area contributed by atoms with Gasteiger partial charge in [0.2, 0.25) is 0 Å². The van der Waals surface area contributed by atoms with Crippen molar-refractivity contribution < 1.29 is 9.59 Å². The van der Waals surface area contributed by atoms with E-state index in [1.807, 2.05) is 60.7 Å². The molecule has 1 heterocycles. The zero-order valence-corrected chi connectivity index (χ0v) is 15.3. The molecule has 2 aromatic carbocycles. The Morgan fingerprint density at radius 1 is 0.885 bits per heavy atom. The molecule has 3 rings (SSSR count). The van der Waals surface area contributed by atoms with Crippen molar-refractivity contribution in [2.45, 2.75) is 32.9 Å². The van der Waals surface area contributed by atoms with Gasteiger partial charge in [-0.1, -0.05) is 67.6 Å². The molecule has 0 radical (unpaired) electrons. The van der Waals surface area contributed by atoms with Gasteiger partial charge in [-0.05, 0) is 29.9 Å². The molecule has 26 heavy (non-hydrogen) atoms. The van der Waals surface area contributed by atoms with Gasteiger partial charge >= 0.3 is 11.8 Å². The van der Waals surface area contributed by atoms with E-state index in [0.29, 0.717) is 32.1 Å². The molecule has 4 nitrogen and oxygen atoms in total. The molecule has 4 heteroatoms. The minimum Gasteiger partial charge on any atom is -0.334 e. The van der Waals surface area contributed by atoms with Gasteiger partial charge in [-0.3, -0.25) is 9.59 Å². The fraction of sp³-hybridized carbons (Fsp3) is 0.364. The molecular formula is C22H26N2O2. The maximum absolute atomic E-state index is 13.0. The minimum absolute atomic E-state index is 0.372. The summed E-state index contributed by atoms with van der Waals surface area (Å²) in [6.07, 6.45) is 1.94. The zero-order chi connectivity index (χ0) is 18.4. The third kappa shape index (κ3) is 4.72. The molecule has 2 amide bonds. The molecular weight excluding hydrogens is 324 g/mol. The van der Waals surface area contributed by atoms with Crippen LogP contribution in [0.1, 0.15) is 30.9 Å². The van der Waals surface area contributed by atoms with Crippen molar-refractivity contribution in [3.05, 3.63) is 71.8 Å². The fourth-order valence-electron chi connectivity index (χ4n) is 3.29. The number of amides is 2. The SMILES string of the molecule is CC1CCN(C(=O)C(=O)N(Cc2ccccc2)Cc2ccccc2)CC1. The largest absolute Gasteiger partial charge is 0.334 e. The number of nitrogens with zero attached hydrogens (tertiary/aromatic N) is 2. The van der Waals surface area contributed by atoms with Crippen LogP contribution in [0, 0.1) is 5.92 Å². The van der Waals surface area contributed by atoms with E-state index in [2.05, 4.69) is 6.92 Å². The fourth-order valence-corrected chi connectivity index (χ4v) is 3.29. The average Bonchev–Trinajstić information content (AvgIpc) is 2.68. The lowest BCUT2D eigenvalue weighted by Gasteiger charge is -2.32.